The van der Waals surface area contributed by atoms with E-state index < -0.39 is 41.8 Å². The second-order valence-electron chi connectivity index (χ2n) is 10.7. The highest BCUT2D eigenvalue weighted by molar-refractivity contribution is 5.77. The first-order valence-electron chi connectivity index (χ1n) is 14.8. The zero-order valence-electron chi connectivity index (χ0n) is 28.1. The fourth-order valence-electron chi connectivity index (χ4n) is 4.45. The second-order valence-corrected chi connectivity index (χ2v) is 10.7. The van der Waals surface area contributed by atoms with E-state index >= 15 is 0 Å². The van der Waals surface area contributed by atoms with Crippen molar-refractivity contribution in [1.82, 2.24) is 9.91 Å². The number of rotatable bonds is 12. The van der Waals surface area contributed by atoms with E-state index in [0.29, 0.717) is 16.7 Å². The molecule has 2 N–H and O–H groups in total. The lowest BCUT2D eigenvalue weighted by molar-refractivity contribution is -0.134. The van der Waals surface area contributed by atoms with E-state index in [9.17, 15) is 33.6 Å². The number of amides is 2. The lowest BCUT2D eigenvalue weighted by Crippen LogP contribution is -2.46. The molecule has 3 aromatic carbocycles. The summed E-state index contributed by atoms with van der Waals surface area (Å²) in [5, 5.41) is 0.874. The number of hydrogen-bond acceptors (Lipinski definition) is 14. The molecule has 0 aliphatic carbocycles. The Morgan fingerprint density at radius 3 is 0.980 bits per heavy atom. The molecule has 0 aliphatic heterocycles. The first-order chi connectivity index (χ1) is 23.5. The number of benzene rings is 3. The van der Waals surface area contributed by atoms with Crippen LogP contribution in [0, 0.1) is 0 Å². The van der Waals surface area contributed by atoms with Gasteiger partial charge in [-0.15, -0.1) is 0 Å². The maximum absolute atomic E-state index is 13.9. The molecule has 264 valence electrons. The molecule has 0 radical (unpaired) electrons. The zero-order chi connectivity index (χ0) is 37.1. The summed E-state index contributed by atoms with van der Waals surface area (Å²) < 4.78 is 31.0. The van der Waals surface area contributed by atoms with Gasteiger partial charge in [-0.3, -0.25) is 33.8 Å². The standard InChI is InChI=1S/C34H35N3O13/c1-19(38)45-28-10-7-25(13-31(28)48-22(4)41)16-36(17-26-8-11-29(46-20(2)39)32(14-26)49-23(5)42)34(44)37(35)18-27-9-12-30(47-21(3)40)33(15-27)50-24(6)43/h7-15H,16-18,35H2,1-6H3. The summed E-state index contributed by atoms with van der Waals surface area (Å²) in [5.74, 6) is 1.99. The monoisotopic (exact) mass is 693 g/mol. The van der Waals surface area contributed by atoms with Crippen LogP contribution in [0.4, 0.5) is 4.79 Å². The second kappa shape index (κ2) is 17.2. The van der Waals surface area contributed by atoms with Crippen LogP contribution in [0.5, 0.6) is 34.5 Å². The lowest BCUT2D eigenvalue weighted by Gasteiger charge is -2.28. The van der Waals surface area contributed by atoms with Crippen molar-refractivity contribution >= 4 is 41.8 Å². The maximum Gasteiger partial charge on any atom is 0.335 e. The van der Waals surface area contributed by atoms with Gasteiger partial charge in [-0.1, -0.05) is 18.2 Å². The van der Waals surface area contributed by atoms with Gasteiger partial charge in [0.15, 0.2) is 34.5 Å². The molecule has 0 bridgehead atoms. The van der Waals surface area contributed by atoms with Gasteiger partial charge in [0.2, 0.25) is 0 Å². The Bertz CT molecular complexity index is 1740. The summed E-state index contributed by atoms with van der Waals surface area (Å²) in [4.78, 5) is 85.2. The molecule has 3 rings (SSSR count). The van der Waals surface area contributed by atoms with Crippen LogP contribution in [0.25, 0.3) is 0 Å². The number of carbonyl (C=O) groups excluding carboxylic acids is 7. The number of urea groups is 1. The van der Waals surface area contributed by atoms with E-state index in [4.69, 9.17) is 34.3 Å². The van der Waals surface area contributed by atoms with Crippen LogP contribution in [-0.4, -0.2) is 51.8 Å². The van der Waals surface area contributed by atoms with Crippen molar-refractivity contribution in [3.63, 3.8) is 0 Å². The minimum absolute atomic E-state index is 0.0189. The largest absolute Gasteiger partial charge is 0.423 e. The first kappa shape index (κ1) is 38.2. The number of nitrogens with zero attached hydrogens (tertiary/aromatic N) is 2. The van der Waals surface area contributed by atoms with Gasteiger partial charge in [0.05, 0.1) is 6.54 Å². The summed E-state index contributed by atoms with van der Waals surface area (Å²) >= 11 is 0. The molecule has 0 saturated heterocycles. The minimum atomic E-state index is -0.723. The van der Waals surface area contributed by atoms with Crippen molar-refractivity contribution in [1.29, 1.82) is 0 Å². The van der Waals surface area contributed by atoms with Gasteiger partial charge in [-0.2, -0.15) is 0 Å². The van der Waals surface area contributed by atoms with Gasteiger partial charge in [-0.25, -0.2) is 10.6 Å². The van der Waals surface area contributed by atoms with E-state index in [1.54, 1.807) is 12.1 Å². The van der Waals surface area contributed by atoms with Crippen molar-refractivity contribution in [2.45, 2.75) is 61.2 Å². The van der Waals surface area contributed by atoms with Crippen molar-refractivity contribution in [2.75, 3.05) is 0 Å². The van der Waals surface area contributed by atoms with Gasteiger partial charge in [0.1, 0.15) is 0 Å². The summed E-state index contributed by atoms with van der Waals surface area (Å²) in [6.45, 7) is 6.54. The summed E-state index contributed by atoms with van der Waals surface area (Å²) in [6, 6.07) is 12.3. The quantitative estimate of drug-likeness (QED) is 0.0943. The molecule has 0 fully saturated rings. The zero-order valence-corrected chi connectivity index (χ0v) is 28.1. The number of esters is 6. The normalized spacial score (nSPS) is 10.3. The average Bonchev–Trinajstić information content (AvgIpc) is 2.99. The molecule has 0 aromatic heterocycles. The van der Waals surface area contributed by atoms with Crippen molar-refractivity contribution < 1.29 is 62.0 Å². The van der Waals surface area contributed by atoms with Crippen molar-refractivity contribution in [2.24, 2.45) is 5.84 Å². The molecular weight excluding hydrogens is 658 g/mol. The number of nitrogens with two attached hydrogens (primary N) is 1. The van der Waals surface area contributed by atoms with Crippen LogP contribution < -0.4 is 34.3 Å². The molecule has 0 saturated carbocycles. The fourth-order valence-corrected chi connectivity index (χ4v) is 4.45. The first-order valence-corrected chi connectivity index (χ1v) is 14.8. The van der Waals surface area contributed by atoms with Crippen molar-refractivity contribution in [3.8, 4) is 34.5 Å². The fraction of sp³-hybridized carbons (Fsp3) is 0.265. The van der Waals surface area contributed by atoms with Crippen LogP contribution in [0.15, 0.2) is 54.6 Å². The molecule has 0 heterocycles. The molecule has 50 heavy (non-hydrogen) atoms. The topological polar surface area (TPSA) is 207 Å². The van der Waals surface area contributed by atoms with Crippen molar-refractivity contribution in [3.05, 3.63) is 71.3 Å². The Kier molecular flexibility index (Phi) is 13.1. The Labute approximate surface area is 286 Å². The lowest BCUT2D eigenvalue weighted by atomic mass is 10.1. The van der Waals surface area contributed by atoms with Crippen LogP contribution in [0.3, 0.4) is 0 Å². The molecule has 0 atom stereocenters. The predicted octanol–water partition coefficient (Wildman–Crippen LogP) is 3.74. The van der Waals surface area contributed by atoms with Crippen LogP contribution in [0.2, 0.25) is 0 Å². The van der Waals surface area contributed by atoms with Crippen LogP contribution in [-0.2, 0) is 48.4 Å². The summed E-state index contributed by atoms with van der Waals surface area (Å²) in [7, 11) is 0. The molecule has 0 spiro atoms. The third-order valence-electron chi connectivity index (χ3n) is 6.16. The van der Waals surface area contributed by atoms with Crippen LogP contribution >= 0.6 is 0 Å². The van der Waals surface area contributed by atoms with E-state index in [0.717, 1.165) is 25.8 Å². The Morgan fingerprint density at radius 1 is 0.440 bits per heavy atom. The van der Waals surface area contributed by atoms with Crippen LogP contribution in [0.1, 0.15) is 58.2 Å². The number of carbonyl (C=O) groups is 7. The molecule has 16 heteroatoms. The Morgan fingerprint density at radius 2 is 0.700 bits per heavy atom. The molecule has 0 unspecified atom stereocenters. The third-order valence-corrected chi connectivity index (χ3v) is 6.16. The smallest absolute Gasteiger partial charge is 0.335 e. The Hall–Kier alpha value is -6.29. The number of ether oxygens (including phenoxy) is 6. The van der Waals surface area contributed by atoms with Gasteiger partial charge in [-0.05, 0) is 53.1 Å². The maximum atomic E-state index is 13.9. The van der Waals surface area contributed by atoms with Gasteiger partial charge < -0.3 is 33.3 Å². The van der Waals surface area contributed by atoms with E-state index in [1.165, 1.54) is 68.1 Å². The predicted molar refractivity (Wildman–Crippen MR) is 172 cm³/mol. The van der Waals surface area contributed by atoms with E-state index in [-0.39, 0.29) is 54.1 Å². The summed E-state index contributed by atoms with van der Waals surface area (Å²) in [5.41, 5.74) is 1.26. The molecule has 2 amide bonds. The highest BCUT2D eigenvalue weighted by Crippen LogP contribution is 2.33. The van der Waals surface area contributed by atoms with Gasteiger partial charge in [0, 0.05) is 54.6 Å². The number of hydrogen-bond donors (Lipinski definition) is 1. The van der Waals surface area contributed by atoms with E-state index in [2.05, 4.69) is 0 Å². The van der Waals surface area contributed by atoms with E-state index in [1.807, 2.05) is 0 Å². The molecule has 0 aliphatic rings. The highest BCUT2D eigenvalue weighted by Gasteiger charge is 2.23. The minimum Gasteiger partial charge on any atom is -0.423 e. The summed E-state index contributed by atoms with van der Waals surface area (Å²) in [6.07, 6.45) is 0. The van der Waals surface area contributed by atoms with Gasteiger partial charge >= 0.3 is 41.8 Å². The number of hydrazine groups is 1. The third kappa shape index (κ3) is 11.7. The molecular formula is C34H35N3O13. The SMILES string of the molecule is CC(=O)Oc1ccc(CN(N)C(=O)N(Cc2ccc(OC(C)=O)c(OC(C)=O)c2)Cc2ccc(OC(C)=O)c(OC(C)=O)c2)cc1OC(C)=O. The molecule has 16 nitrogen and oxygen atoms in total. The highest BCUT2D eigenvalue weighted by atomic mass is 16.6. The van der Waals surface area contributed by atoms with Gasteiger partial charge in [0.25, 0.3) is 0 Å². The Balaban J connectivity index is 2.02. The molecule has 3 aromatic rings. The average molecular weight is 694 g/mol.